The molecule has 0 aliphatic rings. The maximum absolute atomic E-state index is 13.1. The molecule has 13 nitrogen and oxygen atoms in total. The third kappa shape index (κ3) is 6.83. The number of imide groups is 1. The van der Waals surface area contributed by atoms with E-state index in [2.05, 4.69) is 20.0 Å². The van der Waals surface area contributed by atoms with Crippen molar-refractivity contribution >= 4 is 53.1 Å². The summed E-state index contributed by atoms with van der Waals surface area (Å²) in [6.45, 7) is 1.69. The predicted octanol–water partition coefficient (Wildman–Crippen LogP) is 4.76. The standard InChI is InChI=1S/C22H19ClN6O7S/c1-13-10-15(8-9-18(13)36-20-24-11-14(23)12-25-20)28(37-27(2)22(32)35-3)21(31)26-19(30)16-6-4-5-7-17(16)29(33)34/h4-12H,1-3H3,(H,26,30,31). The van der Waals surface area contributed by atoms with Crippen molar-refractivity contribution in [2.24, 2.45) is 0 Å². The molecule has 0 bridgehead atoms. The molecule has 0 saturated carbocycles. The van der Waals surface area contributed by atoms with E-state index in [9.17, 15) is 24.5 Å². The van der Waals surface area contributed by atoms with Crippen molar-refractivity contribution in [1.29, 1.82) is 0 Å². The summed E-state index contributed by atoms with van der Waals surface area (Å²) < 4.78 is 12.3. The first kappa shape index (κ1) is 27.2. The van der Waals surface area contributed by atoms with E-state index in [-0.39, 0.29) is 17.3 Å². The summed E-state index contributed by atoms with van der Waals surface area (Å²) in [5.41, 5.74) is 0.0196. The quantitative estimate of drug-likeness (QED) is 0.249. The predicted molar refractivity (Wildman–Crippen MR) is 134 cm³/mol. The van der Waals surface area contributed by atoms with Crippen molar-refractivity contribution in [3.05, 3.63) is 81.1 Å². The van der Waals surface area contributed by atoms with Gasteiger partial charge in [0.05, 0.1) is 47.3 Å². The zero-order chi connectivity index (χ0) is 27.1. The molecule has 2 aromatic carbocycles. The van der Waals surface area contributed by atoms with Gasteiger partial charge in [-0.05, 0) is 36.8 Å². The van der Waals surface area contributed by atoms with E-state index in [0.717, 1.165) is 21.8 Å². The minimum absolute atomic E-state index is 0.0460. The number of para-hydroxylation sites is 1. The third-order valence-electron chi connectivity index (χ3n) is 4.58. The van der Waals surface area contributed by atoms with Crippen LogP contribution in [0, 0.1) is 17.0 Å². The van der Waals surface area contributed by atoms with Gasteiger partial charge in [0.15, 0.2) is 0 Å². The number of nitro benzene ring substituents is 1. The number of urea groups is 1. The summed E-state index contributed by atoms with van der Waals surface area (Å²) in [7, 11) is 2.51. The number of nitrogens with zero attached hydrogens (tertiary/aromatic N) is 5. The average molecular weight is 547 g/mol. The maximum Gasteiger partial charge on any atom is 0.420 e. The van der Waals surface area contributed by atoms with Crippen LogP contribution in [0.15, 0.2) is 54.9 Å². The highest BCUT2D eigenvalue weighted by molar-refractivity contribution is 7.99. The minimum atomic E-state index is -1.000. The fourth-order valence-corrected chi connectivity index (χ4v) is 3.66. The Kier molecular flexibility index (Phi) is 8.81. The normalized spacial score (nSPS) is 10.3. The molecule has 1 aromatic heterocycles. The molecular weight excluding hydrogens is 528 g/mol. The fourth-order valence-electron chi connectivity index (χ4n) is 2.85. The number of aryl methyl sites for hydroxylation is 1. The number of amides is 4. The molecule has 1 heterocycles. The highest BCUT2D eigenvalue weighted by Crippen LogP contribution is 2.31. The lowest BCUT2D eigenvalue weighted by Crippen LogP contribution is -2.42. The fraction of sp³-hybridized carbons (Fsp3) is 0.136. The van der Waals surface area contributed by atoms with Crippen molar-refractivity contribution in [2.75, 3.05) is 18.5 Å². The lowest BCUT2D eigenvalue weighted by atomic mass is 10.1. The first-order valence-corrected chi connectivity index (χ1v) is 11.4. The Bertz CT molecular complexity index is 1340. The largest absolute Gasteiger partial charge is 0.452 e. The van der Waals surface area contributed by atoms with Gasteiger partial charge in [0.1, 0.15) is 11.3 Å². The van der Waals surface area contributed by atoms with E-state index in [1.165, 1.54) is 49.8 Å². The van der Waals surface area contributed by atoms with Crippen molar-refractivity contribution in [1.82, 2.24) is 19.6 Å². The van der Waals surface area contributed by atoms with Crippen LogP contribution in [0.5, 0.6) is 11.8 Å². The summed E-state index contributed by atoms with van der Waals surface area (Å²) in [4.78, 5) is 56.3. The lowest BCUT2D eigenvalue weighted by molar-refractivity contribution is -0.385. The van der Waals surface area contributed by atoms with Gasteiger partial charge in [0.2, 0.25) is 0 Å². The molecule has 0 atom stereocenters. The Morgan fingerprint density at radius 3 is 2.43 bits per heavy atom. The van der Waals surface area contributed by atoms with E-state index in [1.54, 1.807) is 13.0 Å². The van der Waals surface area contributed by atoms with E-state index in [0.29, 0.717) is 28.5 Å². The average Bonchev–Trinajstić information content (AvgIpc) is 2.88. The second-order valence-corrected chi connectivity index (χ2v) is 8.63. The Hall–Kier alpha value is -4.43. The van der Waals surface area contributed by atoms with Crippen molar-refractivity contribution in [3.8, 4) is 11.8 Å². The molecule has 0 unspecified atom stereocenters. The van der Waals surface area contributed by atoms with Gasteiger partial charge in [-0.1, -0.05) is 23.7 Å². The monoisotopic (exact) mass is 546 g/mol. The second-order valence-electron chi connectivity index (χ2n) is 7.11. The number of methoxy groups -OCH3 is 1. The van der Waals surface area contributed by atoms with Crippen LogP contribution < -0.4 is 14.4 Å². The number of hydrogen-bond donors (Lipinski definition) is 1. The Balaban J connectivity index is 1.89. The lowest BCUT2D eigenvalue weighted by Gasteiger charge is -2.25. The summed E-state index contributed by atoms with van der Waals surface area (Å²) >= 11 is 6.40. The van der Waals surface area contributed by atoms with Crippen LogP contribution >= 0.6 is 23.7 Å². The Morgan fingerprint density at radius 1 is 1.14 bits per heavy atom. The zero-order valence-electron chi connectivity index (χ0n) is 19.6. The van der Waals surface area contributed by atoms with Gasteiger partial charge in [0, 0.05) is 13.1 Å². The van der Waals surface area contributed by atoms with Gasteiger partial charge in [-0.2, -0.15) is 0 Å². The molecule has 15 heteroatoms. The number of aromatic nitrogens is 2. The number of nitro groups is 1. The van der Waals surface area contributed by atoms with Crippen LogP contribution in [0.4, 0.5) is 21.0 Å². The van der Waals surface area contributed by atoms with Crippen LogP contribution in [0.25, 0.3) is 0 Å². The number of carbonyl (C=O) groups excluding carboxylic acids is 3. The minimum Gasteiger partial charge on any atom is -0.452 e. The van der Waals surface area contributed by atoms with Gasteiger partial charge in [-0.3, -0.25) is 20.2 Å². The molecule has 4 amide bonds. The van der Waals surface area contributed by atoms with E-state index < -0.39 is 28.6 Å². The first-order valence-electron chi connectivity index (χ1n) is 10.3. The molecule has 0 spiro atoms. The molecule has 0 saturated heterocycles. The molecule has 37 heavy (non-hydrogen) atoms. The number of anilines is 1. The van der Waals surface area contributed by atoms with E-state index >= 15 is 0 Å². The molecular formula is C22H19ClN6O7S. The number of benzene rings is 2. The van der Waals surface area contributed by atoms with Crippen LogP contribution in [-0.4, -0.2) is 51.4 Å². The van der Waals surface area contributed by atoms with Gasteiger partial charge in [0.25, 0.3) is 11.6 Å². The van der Waals surface area contributed by atoms with Gasteiger partial charge in [-0.25, -0.2) is 28.2 Å². The Labute approximate surface area is 219 Å². The third-order valence-corrected chi connectivity index (χ3v) is 5.71. The molecule has 0 aliphatic carbocycles. The smallest absolute Gasteiger partial charge is 0.420 e. The zero-order valence-corrected chi connectivity index (χ0v) is 21.1. The van der Waals surface area contributed by atoms with Crippen LogP contribution in [-0.2, 0) is 4.74 Å². The van der Waals surface area contributed by atoms with Crippen molar-refractivity contribution in [2.45, 2.75) is 6.92 Å². The Morgan fingerprint density at radius 2 is 1.81 bits per heavy atom. The SMILES string of the molecule is COC(=O)N(C)SN(C(=O)NC(=O)c1ccccc1[N+](=O)[O-])c1ccc(Oc2ncc(Cl)cn2)c(C)c1. The molecule has 0 aliphatic heterocycles. The van der Waals surface area contributed by atoms with Gasteiger partial charge < -0.3 is 9.47 Å². The summed E-state index contributed by atoms with van der Waals surface area (Å²) in [6, 6.07) is 8.83. The second kappa shape index (κ2) is 12.0. The van der Waals surface area contributed by atoms with E-state index in [4.69, 9.17) is 16.3 Å². The summed E-state index contributed by atoms with van der Waals surface area (Å²) in [5.74, 6) is -0.631. The molecule has 3 rings (SSSR count). The molecule has 0 fully saturated rings. The number of rotatable bonds is 7. The molecule has 192 valence electrons. The maximum atomic E-state index is 13.1. The van der Waals surface area contributed by atoms with Crippen LogP contribution in [0.2, 0.25) is 5.02 Å². The number of halogens is 1. The number of hydrogen-bond acceptors (Lipinski definition) is 10. The molecule has 0 radical (unpaired) electrons. The first-order chi connectivity index (χ1) is 17.6. The van der Waals surface area contributed by atoms with Crippen molar-refractivity contribution in [3.63, 3.8) is 0 Å². The summed E-state index contributed by atoms with van der Waals surface area (Å²) in [6.07, 6.45) is 1.96. The highest BCUT2D eigenvalue weighted by atomic mass is 35.5. The van der Waals surface area contributed by atoms with Gasteiger partial charge >= 0.3 is 18.1 Å². The number of nitrogens with one attached hydrogen (secondary N) is 1. The topological polar surface area (TPSA) is 157 Å². The summed E-state index contributed by atoms with van der Waals surface area (Å²) in [5, 5.41) is 13.7. The number of carbonyl (C=O) groups is 3. The molecule has 3 aromatic rings. The van der Waals surface area contributed by atoms with Crippen LogP contribution in [0.1, 0.15) is 15.9 Å². The van der Waals surface area contributed by atoms with Crippen LogP contribution in [0.3, 0.4) is 0 Å². The van der Waals surface area contributed by atoms with E-state index in [1.807, 2.05) is 0 Å². The van der Waals surface area contributed by atoms with Crippen molar-refractivity contribution < 1.29 is 28.8 Å². The molecule has 1 N–H and O–H groups in total. The number of ether oxygens (including phenoxy) is 2. The highest BCUT2D eigenvalue weighted by Gasteiger charge is 2.27. The van der Waals surface area contributed by atoms with Gasteiger partial charge in [-0.15, -0.1) is 0 Å².